The van der Waals surface area contributed by atoms with Crippen LogP contribution in [0.4, 0.5) is 0 Å². The summed E-state index contributed by atoms with van der Waals surface area (Å²) in [5.74, 6) is -0.272. The molecule has 1 unspecified atom stereocenters. The highest BCUT2D eigenvalue weighted by Gasteiger charge is 2.44. The fourth-order valence-corrected chi connectivity index (χ4v) is 1.67. The first-order valence-corrected chi connectivity index (χ1v) is 5.06. The van der Waals surface area contributed by atoms with Crippen molar-refractivity contribution >= 4 is 5.97 Å². The summed E-state index contributed by atoms with van der Waals surface area (Å²) in [6.45, 7) is 3.40. The lowest BCUT2D eigenvalue weighted by Crippen LogP contribution is -2.15. The fraction of sp³-hybridized carbons (Fsp3) is 0.417. The van der Waals surface area contributed by atoms with Crippen LogP contribution in [0.15, 0.2) is 30.3 Å². The topological polar surface area (TPSA) is 38.8 Å². The molecule has 0 amide bonds. The minimum atomic E-state index is -0.272. The molecule has 3 nitrogen and oxygen atoms in total. The Hall–Kier alpha value is -1.35. The Kier molecular flexibility index (Phi) is 2.73. The zero-order chi connectivity index (χ0) is 10.8. The molecule has 1 aliphatic rings. The van der Waals surface area contributed by atoms with Crippen molar-refractivity contribution in [3.8, 4) is 0 Å². The van der Waals surface area contributed by atoms with E-state index in [-0.39, 0.29) is 24.3 Å². The molecule has 0 radical (unpaired) electrons. The van der Waals surface area contributed by atoms with Gasteiger partial charge in [0.2, 0.25) is 0 Å². The van der Waals surface area contributed by atoms with Crippen molar-refractivity contribution in [2.75, 3.05) is 0 Å². The number of epoxide rings is 1. The van der Waals surface area contributed by atoms with Crippen LogP contribution in [0.5, 0.6) is 0 Å². The largest absolute Gasteiger partial charge is 0.455 e. The lowest BCUT2D eigenvalue weighted by Gasteiger charge is -2.14. The van der Waals surface area contributed by atoms with Crippen molar-refractivity contribution in [2.45, 2.75) is 32.2 Å². The summed E-state index contributed by atoms with van der Waals surface area (Å²) in [5.41, 5.74) is 0.988. The van der Waals surface area contributed by atoms with E-state index in [9.17, 15) is 4.79 Å². The molecule has 3 heteroatoms. The van der Waals surface area contributed by atoms with Gasteiger partial charge in [0.15, 0.2) is 6.10 Å². The van der Waals surface area contributed by atoms with Crippen LogP contribution < -0.4 is 0 Å². The molecule has 1 aromatic carbocycles. The van der Waals surface area contributed by atoms with Crippen molar-refractivity contribution < 1.29 is 14.3 Å². The van der Waals surface area contributed by atoms with Gasteiger partial charge in [0.05, 0.1) is 6.10 Å². The Morgan fingerprint density at radius 3 is 2.47 bits per heavy atom. The van der Waals surface area contributed by atoms with E-state index in [1.54, 1.807) is 0 Å². The Bertz CT molecular complexity index is 347. The second-order valence-electron chi connectivity index (χ2n) is 3.75. The van der Waals surface area contributed by atoms with Crippen molar-refractivity contribution in [1.29, 1.82) is 0 Å². The lowest BCUT2D eigenvalue weighted by atomic mass is 10.1. The first kappa shape index (κ1) is 10.2. The maximum atomic E-state index is 11.0. The van der Waals surface area contributed by atoms with E-state index in [0.717, 1.165) is 5.56 Å². The van der Waals surface area contributed by atoms with Crippen LogP contribution >= 0.6 is 0 Å². The third-order valence-electron chi connectivity index (χ3n) is 2.48. The number of ether oxygens (including phenoxy) is 2. The van der Waals surface area contributed by atoms with Crippen molar-refractivity contribution in [1.82, 2.24) is 0 Å². The SMILES string of the molecule is CC(=O)OC(c1ccccc1)[C@@H]1O[C@H]1C. The third-order valence-corrected chi connectivity index (χ3v) is 2.48. The smallest absolute Gasteiger partial charge is 0.303 e. The van der Waals surface area contributed by atoms with Crippen LogP contribution in [0, 0.1) is 0 Å². The van der Waals surface area contributed by atoms with Crippen molar-refractivity contribution in [3.05, 3.63) is 35.9 Å². The van der Waals surface area contributed by atoms with Crippen molar-refractivity contribution in [2.24, 2.45) is 0 Å². The third kappa shape index (κ3) is 2.36. The van der Waals surface area contributed by atoms with E-state index in [4.69, 9.17) is 9.47 Å². The van der Waals surface area contributed by atoms with E-state index < -0.39 is 0 Å². The highest BCUT2D eigenvalue weighted by molar-refractivity contribution is 5.66. The monoisotopic (exact) mass is 206 g/mol. The molecule has 80 valence electrons. The normalized spacial score (nSPS) is 25.7. The van der Waals surface area contributed by atoms with Gasteiger partial charge in [0.25, 0.3) is 0 Å². The van der Waals surface area contributed by atoms with Crippen LogP contribution in [0.2, 0.25) is 0 Å². The average Bonchev–Trinajstić information content (AvgIpc) is 2.93. The Balaban J connectivity index is 2.15. The summed E-state index contributed by atoms with van der Waals surface area (Å²) in [4.78, 5) is 11.0. The summed E-state index contributed by atoms with van der Waals surface area (Å²) in [6.07, 6.45) is -0.0791. The van der Waals surface area contributed by atoms with Gasteiger partial charge in [-0.15, -0.1) is 0 Å². The Morgan fingerprint density at radius 2 is 2.00 bits per heavy atom. The van der Waals surface area contributed by atoms with E-state index >= 15 is 0 Å². The Labute approximate surface area is 89.0 Å². The van der Waals surface area contributed by atoms with Crippen LogP contribution in [0.1, 0.15) is 25.5 Å². The number of hydrogen-bond acceptors (Lipinski definition) is 3. The summed E-state index contributed by atoms with van der Waals surface area (Å²) in [6, 6.07) is 9.69. The highest BCUT2D eigenvalue weighted by atomic mass is 16.6. The predicted molar refractivity (Wildman–Crippen MR) is 55.3 cm³/mol. The van der Waals surface area contributed by atoms with Crippen LogP contribution in [0.3, 0.4) is 0 Å². The predicted octanol–water partition coefficient (Wildman–Crippen LogP) is 2.08. The van der Waals surface area contributed by atoms with Gasteiger partial charge in [-0.2, -0.15) is 0 Å². The van der Waals surface area contributed by atoms with Gasteiger partial charge in [0, 0.05) is 6.92 Å². The number of hydrogen-bond donors (Lipinski definition) is 0. The molecule has 1 aromatic rings. The van der Waals surface area contributed by atoms with Crippen LogP contribution in [-0.4, -0.2) is 18.2 Å². The number of carbonyl (C=O) groups excluding carboxylic acids is 1. The average molecular weight is 206 g/mol. The first-order chi connectivity index (χ1) is 7.18. The van der Waals surface area contributed by atoms with Gasteiger partial charge in [-0.1, -0.05) is 30.3 Å². The van der Waals surface area contributed by atoms with E-state index in [1.165, 1.54) is 6.92 Å². The molecule has 3 atom stereocenters. The number of benzene rings is 1. The van der Waals surface area contributed by atoms with Gasteiger partial charge in [-0.25, -0.2) is 0 Å². The van der Waals surface area contributed by atoms with Crippen molar-refractivity contribution in [3.63, 3.8) is 0 Å². The molecular weight excluding hydrogens is 192 g/mol. The molecule has 2 rings (SSSR count). The van der Waals surface area contributed by atoms with Crippen LogP contribution in [-0.2, 0) is 14.3 Å². The quantitative estimate of drug-likeness (QED) is 0.561. The Morgan fingerprint density at radius 1 is 1.40 bits per heavy atom. The molecule has 1 aliphatic heterocycles. The minimum Gasteiger partial charge on any atom is -0.455 e. The van der Waals surface area contributed by atoms with E-state index in [0.29, 0.717) is 0 Å². The highest BCUT2D eigenvalue weighted by Crippen LogP contribution is 2.36. The molecule has 0 spiro atoms. The summed E-state index contributed by atoms with van der Waals surface area (Å²) >= 11 is 0. The number of rotatable bonds is 3. The molecule has 0 aliphatic carbocycles. The standard InChI is InChI=1S/C12H14O3/c1-8-11(14-8)12(15-9(2)13)10-6-4-3-5-7-10/h3-8,11-12H,1-2H3/t8-,11+,12?/m0/s1. The zero-order valence-corrected chi connectivity index (χ0v) is 8.84. The van der Waals surface area contributed by atoms with Gasteiger partial charge < -0.3 is 9.47 Å². The molecule has 1 fully saturated rings. The molecule has 0 saturated carbocycles. The van der Waals surface area contributed by atoms with Gasteiger partial charge in [0.1, 0.15) is 6.10 Å². The molecule has 0 aromatic heterocycles. The zero-order valence-electron chi connectivity index (χ0n) is 8.84. The molecule has 1 saturated heterocycles. The number of carbonyl (C=O) groups is 1. The molecular formula is C12H14O3. The van der Waals surface area contributed by atoms with Gasteiger partial charge in [-0.05, 0) is 12.5 Å². The maximum Gasteiger partial charge on any atom is 0.303 e. The summed E-state index contributed by atoms with van der Waals surface area (Å²) in [5, 5.41) is 0. The van der Waals surface area contributed by atoms with Gasteiger partial charge >= 0.3 is 5.97 Å². The minimum absolute atomic E-state index is 0.0105. The fourth-order valence-electron chi connectivity index (χ4n) is 1.67. The van der Waals surface area contributed by atoms with E-state index in [1.807, 2.05) is 37.3 Å². The second-order valence-corrected chi connectivity index (χ2v) is 3.75. The van der Waals surface area contributed by atoms with E-state index in [2.05, 4.69) is 0 Å². The first-order valence-electron chi connectivity index (χ1n) is 5.06. The molecule has 1 heterocycles. The second kappa shape index (κ2) is 4.03. The molecule has 0 N–H and O–H groups in total. The molecule has 15 heavy (non-hydrogen) atoms. The summed E-state index contributed by atoms with van der Waals surface area (Å²) in [7, 11) is 0. The van der Waals surface area contributed by atoms with Gasteiger partial charge in [-0.3, -0.25) is 4.79 Å². The lowest BCUT2D eigenvalue weighted by molar-refractivity contribution is -0.147. The van der Waals surface area contributed by atoms with Crippen LogP contribution in [0.25, 0.3) is 0 Å². The number of esters is 1. The maximum absolute atomic E-state index is 11.0. The molecule has 0 bridgehead atoms. The summed E-state index contributed by atoms with van der Waals surface area (Å²) < 4.78 is 10.6.